The van der Waals surface area contributed by atoms with Crippen molar-refractivity contribution in [2.45, 2.75) is 65.6 Å². The fourth-order valence-electron chi connectivity index (χ4n) is 4.73. The molecule has 16 nitrogen and oxygen atoms in total. The number of methoxy groups -OCH3 is 2. The molecule has 0 spiro atoms. The second-order valence-corrected chi connectivity index (χ2v) is 14.1. The summed E-state index contributed by atoms with van der Waals surface area (Å²) in [7, 11) is 2.23. The number of rotatable bonds is 16. The fraction of sp³-hybridized carbons (Fsp3) is 0.400. The lowest BCUT2D eigenvalue weighted by atomic mass is 9.96. The Hall–Kier alpha value is -6.32. The maximum atomic E-state index is 13.5. The number of hydrogen-bond donors (Lipinski definition) is 4. The van der Waals surface area contributed by atoms with Crippen LogP contribution in [0.2, 0.25) is 0 Å². The van der Waals surface area contributed by atoms with Crippen molar-refractivity contribution in [3.8, 4) is 11.5 Å². The summed E-state index contributed by atoms with van der Waals surface area (Å²) in [5.41, 5.74) is -1.53. The van der Waals surface area contributed by atoms with Crippen molar-refractivity contribution in [3.63, 3.8) is 0 Å². The third kappa shape index (κ3) is 14.8. The zero-order valence-electron chi connectivity index (χ0n) is 32.9. The van der Waals surface area contributed by atoms with E-state index in [-0.39, 0.29) is 22.3 Å². The Labute approximate surface area is 325 Å². The molecule has 0 aliphatic rings. The van der Waals surface area contributed by atoms with Gasteiger partial charge < -0.3 is 49.7 Å². The quantitative estimate of drug-likeness (QED) is 0.0713. The highest BCUT2D eigenvalue weighted by molar-refractivity contribution is 6.17. The van der Waals surface area contributed by atoms with Gasteiger partial charge in [0, 0.05) is 24.5 Å². The molecule has 4 N–H and O–H groups in total. The highest BCUT2D eigenvalue weighted by atomic mass is 16.6. The predicted octanol–water partition coefficient (Wildman–Crippen LogP) is 6.35. The standard InChI is InChI=1S/C40H50N4O12/c1-39(2,3)55-37(49)41-19-9-21-53-27-15-11-25(12-16-27)43-33(45)29-23-32(36(48)52-8)30(24-31(29)35(47)51-7)34(46)44-26-13-17-28(18-14-26)54-22-10-20-42-38(50)56-40(4,5)6/h11-18,23-24H,9-10,19-22H2,1-8H3,(H,41,49)(H,42,50)(H,43,45)(H,44,46). The number of hydrogen-bond acceptors (Lipinski definition) is 12. The van der Waals surface area contributed by atoms with Gasteiger partial charge in [-0.25, -0.2) is 19.2 Å². The van der Waals surface area contributed by atoms with Gasteiger partial charge in [0.05, 0.1) is 49.7 Å². The smallest absolute Gasteiger partial charge is 0.407 e. The number of alkyl carbamates (subject to hydrolysis) is 2. The topological polar surface area (TPSA) is 206 Å². The van der Waals surface area contributed by atoms with Crippen LogP contribution in [0.4, 0.5) is 21.0 Å². The minimum Gasteiger partial charge on any atom is -0.494 e. The van der Waals surface area contributed by atoms with Crippen molar-refractivity contribution in [3.05, 3.63) is 82.9 Å². The molecule has 0 aliphatic heterocycles. The molecule has 56 heavy (non-hydrogen) atoms. The Bertz CT molecular complexity index is 1710. The minimum absolute atomic E-state index is 0.241. The molecule has 3 aromatic carbocycles. The average molecular weight is 779 g/mol. The van der Waals surface area contributed by atoms with Crippen LogP contribution in [0.3, 0.4) is 0 Å². The molecule has 0 atom stereocenters. The molecule has 3 rings (SSSR count). The molecule has 0 aliphatic carbocycles. The molecular formula is C40H50N4O12. The number of anilines is 2. The molecule has 0 fully saturated rings. The van der Waals surface area contributed by atoms with Gasteiger partial charge in [-0.3, -0.25) is 9.59 Å². The van der Waals surface area contributed by atoms with Crippen LogP contribution in [0.1, 0.15) is 95.8 Å². The van der Waals surface area contributed by atoms with Crippen LogP contribution in [0.15, 0.2) is 60.7 Å². The van der Waals surface area contributed by atoms with Crippen LogP contribution in [-0.2, 0) is 18.9 Å². The van der Waals surface area contributed by atoms with E-state index >= 15 is 0 Å². The number of amides is 4. The number of benzene rings is 3. The molecule has 0 bridgehead atoms. The van der Waals surface area contributed by atoms with E-state index in [1.165, 1.54) is 0 Å². The van der Waals surface area contributed by atoms with E-state index in [9.17, 15) is 28.8 Å². The second-order valence-electron chi connectivity index (χ2n) is 14.1. The van der Waals surface area contributed by atoms with E-state index in [1.807, 2.05) is 0 Å². The van der Waals surface area contributed by atoms with E-state index in [4.69, 9.17) is 28.4 Å². The van der Waals surface area contributed by atoms with Gasteiger partial charge in [-0.2, -0.15) is 0 Å². The van der Waals surface area contributed by atoms with Crippen molar-refractivity contribution in [2.75, 3.05) is 51.2 Å². The van der Waals surface area contributed by atoms with Gasteiger partial charge >= 0.3 is 24.1 Å². The molecule has 0 radical (unpaired) electrons. The zero-order valence-corrected chi connectivity index (χ0v) is 32.9. The van der Waals surface area contributed by atoms with Crippen LogP contribution < -0.4 is 30.7 Å². The van der Waals surface area contributed by atoms with E-state index in [1.54, 1.807) is 90.1 Å². The molecule has 0 unspecified atom stereocenters. The van der Waals surface area contributed by atoms with Crippen LogP contribution in [0, 0.1) is 0 Å². The first kappa shape index (κ1) is 44.1. The molecule has 16 heteroatoms. The van der Waals surface area contributed by atoms with Crippen molar-refractivity contribution in [2.24, 2.45) is 0 Å². The minimum atomic E-state index is -0.923. The van der Waals surface area contributed by atoms with Crippen LogP contribution >= 0.6 is 0 Å². The highest BCUT2D eigenvalue weighted by Crippen LogP contribution is 2.24. The third-order valence-electron chi connectivity index (χ3n) is 7.20. The van der Waals surface area contributed by atoms with E-state index < -0.39 is 47.1 Å². The summed E-state index contributed by atoms with van der Waals surface area (Å²) in [6, 6.07) is 15.0. The molecule has 302 valence electrons. The molecule has 0 saturated carbocycles. The lowest BCUT2D eigenvalue weighted by Gasteiger charge is -2.19. The average Bonchev–Trinajstić information content (AvgIpc) is 3.13. The Morgan fingerprint density at radius 1 is 0.518 bits per heavy atom. The first-order valence-electron chi connectivity index (χ1n) is 17.8. The second kappa shape index (κ2) is 20.4. The largest absolute Gasteiger partial charge is 0.494 e. The van der Waals surface area contributed by atoms with Crippen LogP contribution in [0.5, 0.6) is 11.5 Å². The number of carbonyl (C=O) groups is 6. The molecule has 0 aromatic heterocycles. The van der Waals surface area contributed by atoms with Crippen molar-refractivity contribution in [1.82, 2.24) is 10.6 Å². The van der Waals surface area contributed by atoms with E-state index in [2.05, 4.69) is 21.3 Å². The van der Waals surface area contributed by atoms with Gasteiger partial charge in [-0.1, -0.05) is 0 Å². The van der Waals surface area contributed by atoms with Crippen molar-refractivity contribution in [1.29, 1.82) is 0 Å². The molecular weight excluding hydrogens is 728 g/mol. The first-order chi connectivity index (χ1) is 26.4. The van der Waals surface area contributed by atoms with E-state index in [0.29, 0.717) is 62.0 Å². The van der Waals surface area contributed by atoms with E-state index in [0.717, 1.165) is 26.4 Å². The summed E-state index contributed by atoms with van der Waals surface area (Å²) in [5, 5.41) is 10.6. The van der Waals surface area contributed by atoms with Gasteiger partial charge in [0.2, 0.25) is 0 Å². The molecule has 0 heterocycles. The summed E-state index contributed by atoms with van der Waals surface area (Å²) >= 11 is 0. The van der Waals surface area contributed by atoms with Crippen molar-refractivity contribution >= 4 is 47.3 Å². The normalized spacial score (nSPS) is 11.0. The summed E-state index contributed by atoms with van der Waals surface area (Å²) < 4.78 is 31.6. The Morgan fingerprint density at radius 3 is 1.16 bits per heavy atom. The molecule has 4 amide bonds. The van der Waals surface area contributed by atoms with Gasteiger partial charge in [-0.05, 0) is 115 Å². The van der Waals surface area contributed by atoms with Gasteiger partial charge in [0.25, 0.3) is 11.8 Å². The maximum absolute atomic E-state index is 13.5. The van der Waals surface area contributed by atoms with Gasteiger partial charge in [0.15, 0.2) is 0 Å². The molecule has 3 aromatic rings. The summed E-state index contributed by atoms with van der Waals surface area (Å²) in [4.78, 5) is 76.3. The van der Waals surface area contributed by atoms with Gasteiger partial charge in [0.1, 0.15) is 22.7 Å². The summed E-state index contributed by atoms with van der Waals surface area (Å²) in [5.74, 6) is -2.36. The third-order valence-corrected chi connectivity index (χ3v) is 7.20. The summed E-state index contributed by atoms with van der Waals surface area (Å²) in [6.07, 6.45) is 0.00731. The zero-order chi connectivity index (χ0) is 41.5. The van der Waals surface area contributed by atoms with Gasteiger partial charge in [-0.15, -0.1) is 0 Å². The number of nitrogens with one attached hydrogen (secondary N) is 4. The highest BCUT2D eigenvalue weighted by Gasteiger charge is 2.27. The lowest BCUT2D eigenvalue weighted by Crippen LogP contribution is -2.33. The Kier molecular flexibility index (Phi) is 16.0. The Balaban J connectivity index is 1.65. The summed E-state index contributed by atoms with van der Waals surface area (Å²) in [6.45, 7) is 12.0. The van der Waals surface area contributed by atoms with Crippen molar-refractivity contribution < 1.29 is 57.2 Å². The number of esters is 2. The SMILES string of the molecule is COC(=O)c1cc(C(=O)Nc2ccc(OCCCNC(=O)OC(C)(C)C)cc2)c(C(=O)OC)cc1C(=O)Nc1ccc(OCCCNC(=O)OC(C)(C)C)cc1. The first-order valence-corrected chi connectivity index (χ1v) is 17.8. The number of ether oxygens (including phenoxy) is 6. The predicted molar refractivity (Wildman–Crippen MR) is 207 cm³/mol. The monoisotopic (exact) mass is 778 g/mol. The lowest BCUT2D eigenvalue weighted by molar-refractivity contribution is 0.0513. The fourth-order valence-corrected chi connectivity index (χ4v) is 4.73. The Morgan fingerprint density at radius 2 is 0.857 bits per heavy atom. The molecule has 0 saturated heterocycles. The van der Waals surface area contributed by atoms with Crippen LogP contribution in [0.25, 0.3) is 0 Å². The van der Waals surface area contributed by atoms with Crippen LogP contribution in [-0.4, -0.2) is 87.7 Å². The number of carbonyl (C=O) groups excluding carboxylic acids is 6. The maximum Gasteiger partial charge on any atom is 0.407 e.